The first kappa shape index (κ1) is 35.3. The molecule has 11 heteroatoms. The molecule has 0 aliphatic carbocycles. The van der Waals surface area contributed by atoms with Crippen molar-refractivity contribution in [2.24, 2.45) is 5.92 Å². The molecule has 2 aromatic rings. The third kappa shape index (κ3) is 11.7. The van der Waals surface area contributed by atoms with Gasteiger partial charge in [-0.25, -0.2) is 0 Å². The summed E-state index contributed by atoms with van der Waals surface area (Å²) in [5, 5.41) is 18.8. The smallest absolute Gasteiger partial charge is 0.311 e. The average molecular weight is 601 g/mol. The number of benzene rings is 2. The van der Waals surface area contributed by atoms with Crippen molar-refractivity contribution < 1.29 is 29.1 Å². The van der Waals surface area contributed by atoms with Crippen LogP contribution >= 0.6 is 0 Å². The second-order valence-corrected chi connectivity index (χ2v) is 11.2. The topological polar surface area (TPSA) is 126 Å². The van der Waals surface area contributed by atoms with Gasteiger partial charge >= 0.3 is 5.69 Å². The normalized spacial score (nSPS) is 15.7. The highest BCUT2D eigenvalue weighted by atomic mass is 16.6. The quantitative estimate of drug-likeness (QED) is 0.288. The van der Waals surface area contributed by atoms with Crippen LogP contribution in [0.2, 0.25) is 0 Å². The van der Waals surface area contributed by atoms with Crippen LogP contribution in [0.1, 0.15) is 53.0 Å². The van der Waals surface area contributed by atoms with E-state index in [0.29, 0.717) is 31.9 Å². The van der Waals surface area contributed by atoms with Gasteiger partial charge in [-0.15, -0.1) is 0 Å². The Hall–Kier alpha value is -3.86. The van der Waals surface area contributed by atoms with E-state index in [-0.39, 0.29) is 36.8 Å². The van der Waals surface area contributed by atoms with Crippen LogP contribution in [0.5, 0.6) is 11.5 Å². The lowest BCUT2D eigenvalue weighted by Crippen LogP contribution is -2.48. The van der Waals surface area contributed by atoms with Crippen LogP contribution in [0, 0.1) is 23.0 Å². The highest BCUT2D eigenvalue weighted by Gasteiger charge is 2.26. The van der Waals surface area contributed by atoms with Crippen LogP contribution in [0.25, 0.3) is 0 Å². The van der Waals surface area contributed by atoms with Crippen molar-refractivity contribution in [1.82, 2.24) is 9.80 Å². The number of aliphatic carboxylic acids is 1. The third-order valence-electron chi connectivity index (χ3n) is 7.21. The minimum absolute atomic E-state index is 0. The Morgan fingerprint density at radius 2 is 1.63 bits per heavy atom. The van der Waals surface area contributed by atoms with E-state index in [2.05, 4.69) is 41.0 Å². The lowest BCUT2D eigenvalue weighted by atomic mass is 10.1. The monoisotopic (exact) mass is 600 g/mol. The first-order chi connectivity index (χ1) is 20.0. The molecular formula is C32H48N4O7. The maximum absolute atomic E-state index is 12.9. The van der Waals surface area contributed by atoms with E-state index in [9.17, 15) is 14.9 Å². The van der Waals surface area contributed by atoms with E-state index in [1.54, 1.807) is 12.1 Å². The number of carboxylic acid groups (broad SMARTS) is 1. The van der Waals surface area contributed by atoms with Crippen LogP contribution in [-0.2, 0) is 9.59 Å². The number of carbonyl (C=O) groups is 2. The Kier molecular flexibility index (Phi) is 14.2. The maximum Gasteiger partial charge on any atom is 0.311 e. The molecule has 4 rings (SSSR count). The minimum Gasteiger partial charge on any atom is -0.490 e. The molecule has 2 heterocycles. The zero-order valence-electron chi connectivity index (χ0n) is 25.2. The molecule has 2 aliphatic heterocycles. The zero-order valence-corrected chi connectivity index (χ0v) is 25.2. The fourth-order valence-corrected chi connectivity index (χ4v) is 4.90. The van der Waals surface area contributed by atoms with Crippen LogP contribution in [0.3, 0.4) is 0 Å². The lowest BCUT2D eigenvalue weighted by Gasteiger charge is -2.37. The molecular weight excluding hydrogens is 552 g/mol. The number of nitrogens with zero attached hydrogens (tertiary/aromatic N) is 4. The van der Waals surface area contributed by atoms with Crippen molar-refractivity contribution in [3.05, 3.63) is 58.1 Å². The van der Waals surface area contributed by atoms with E-state index in [4.69, 9.17) is 19.4 Å². The molecule has 2 aromatic carbocycles. The average Bonchev–Trinajstić information content (AvgIpc) is 2.95. The number of hydrogen-bond acceptors (Lipinski definition) is 8. The largest absolute Gasteiger partial charge is 0.490 e. The summed E-state index contributed by atoms with van der Waals surface area (Å²) in [5.74, 6) is 0.408. The maximum atomic E-state index is 12.9. The van der Waals surface area contributed by atoms with Gasteiger partial charge < -0.3 is 24.4 Å². The number of aryl methyl sites for hydroxylation is 1. The highest BCUT2D eigenvalue weighted by molar-refractivity contribution is 5.76. The summed E-state index contributed by atoms with van der Waals surface area (Å²) in [4.78, 5) is 39.5. The number of nitro groups is 1. The summed E-state index contributed by atoms with van der Waals surface area (Å²) in [6, 6.07) is 13.3. The molecule has 43 heavy (non-hydrogen) atoms. The van der Waals surface area contributed by atoms with E-state index in [1.165, 1.54) is 17.3 Å². The van der Waals surface area contributed by atoms with Gasteiger partial charge in [-0.05, 0) is 31.0 Å². The molecule has 11 nitrogen and oxygen atoms in total. The number of amides is 1. The summed E-state index contributed by atoms with van der Waals surface area (Å²) < 4.78 is 11.8. The Morgan fingerprint density at radius 1 is 1.02 bits per heavy atom. The van der Waals surface area contributed by atoms with Crippen LogP contribution < -0.4 is 14.4 Å². The van der Waals surface area contributed by atoms with Gasteiger partial charge in [0.05, 0.1) is 11.5 Å². The molecule has 0 unspecified atom stereocenters. The van der Waals surface area contributed by atoms with Gasteiger partial charge in [-0.3, -0.25) is 24.6 Å². The van der Waals surface area contributed by atoms with Crippen molar-refractivity contribution in [2.75, 3.05) is 57.3 Å². The minimum atomic E-state index is -0.833. The molecule has 2 saturated heterocycles. The highest BCUT2D eigenvalue weighted by Crippen LogP contribution is 2.33. The number of carboxylic acids is 1. The Morgan fingerprint density at radius 3 is 2.19 bits per heavy atom. The van der Waals surface area contributed by atoms with Crippen molar-refractivity contribution in [3.8, 4) is 11.5 Å². The standard InChI is InChI=1S/C29H40N4O5.C2H4O2.CH4/c1-22(2)21-37-28-20-26(8-9-27(28)33(35)36)38-25-10-14-32(15-11-25)29(34)12-13-30-16-18-31(19-17-30)24-6-4-23(3)5-7-24;1-2(3)4;/h4-9,20,22,25H,10-19,21H2,1-3H3;1H3,(H,3,4);1H4. The Labute approximate surface area is 255 Å². The number of ether oxygens (including phenoxy) is 2. The fourth-order valence-electron chi connectivity index (χ4n) is 4.90. The van der Waals surface area contributed by atoms with Gasteiger partial charge in [0, 0.05) is 89.8 Å². The molecule has 238 valence electrons. The van der Waals surface area contributed by atoms with Gasteiger partial charge in [-0.2, -0.15) is 0 Å². The third-order valence-corrected chi connectivity index (χ3v) is 7.21. The zero-order chi connectivity index (χ0) is 30.6. The van der Waals surface area contributed by atoms with E-state index in [1.807, 2.05) is 18.7 Å². The summed E-state index contributed by atoms with van der Waals surface area (Å²) in [5.41, 5.74) is 2.48. The van der Waals surface area contributed by atoms with Gasteiger partial charge in [0.25, 0.3) is 5.97 Å². The number of rotatable bonds is 10. The van der Waals surface area contributed by atoms with E-state index < -0.39 is 10.9 Å². The summed E-state index contributed by atoms with van der Waals surface area (Å²) in [6.45, 7) is 13.6. The second kappa shape index (κ2) is 17.3. The van der Waals surface area contributed by atoms with Crippen LogP contribution in [0.4, 0.5) is 11.4 Å². The molecule has 1 N–H and O–H groups in total. The van der Waals surface area contributed by atoms with Crippen molar-refractivity contribution in [3.63, 3.8) is 0 Å². The number of nitro benzene ring substituents is 1. The van der Waals surface area contributed by atoms with Crippen molar-refractivity contribution >= 4 is 23.3 Å². The number of likely N-dealkylation sites (tertiary alicyclic amines) is 1. The molecule has 0 saturated carbocycles. The number of anilines is 1. The summed E-state index contributed by atoms with van der Waals surface area (Å²) in [6.07, 6.45) is 1.98. The van der Waals surface area contributed by atoms with E-state index in [0.717, 1.165) is 52.5 Å². The van der Waals surface area contributed by atoms with Gasteiger partial charge in [0.15, 0.2) is 0 Å². The predicted molar refractivity (Wildman–Crippen MR) is 168 cm³/mol. The van der Waals surface area contributed by atoms with Gasteiger partial charge in [0.2, 0.25) is 11.7 Å². The van der Waals surface area contributed by atoms with Crippen LogP contribution in [-0.4, -0.2) is 90.2 Å². The molecule has 2 aliphatic rings. The van der Waals surface area contributed by atoms with Crippen LogP contribution in [0.15, 0.2) is 42.5 Å². The Balaban J connectivity index is 0.00000121. The lowest BCUT2D eigenvalue weighted by molar-refractivity contribution is -0.385. The first-order valence-electron chi connectivity index (χ1n) is 14.6. The molecule has 0 spiro atoms. The first-order valence-corrected chi connectivity index (χ1v) is 14.6. The summed E-state index contributed by atoms with van der Waals surface area (Å²) >= 11 is 0. The number of piperidine rings is 1. The number of carbonyl (C=O) groups excluding carboxylic acids is 1. The molecule has 0 aromatic heterocycles. The summed E-state index contributed by atoms with van der Waals surface area (Å²) in [7, 11) is 0. The number of hydrogen-bond donors (Lipinski definition) is 1. The SMILES string of the molecule is C.CC(=O)O.Cc1ccc(N2CCN(CCC(=O)N3CCC(Oc4ccc([N+](=O)[O-])c(OCC(C)C)c4)CC3)CC2)cc1. The molecule has 0 atom stereocenters. The predicted octanol–water partition coefficient (Wildman–Crippen LogP) is 5.25. The molecule has 1 amide bonds. The molecule has 0 bridgehead atoms. The fraction of sp³-hybridized carbons (Fsp3) is 0.562. The molecule has 2 fully saturated rings. The van der Waals surface area contributed by atoms with Crippen molar-refractivity contribution in [1.29, 1.82) is 0 Å². The van der Waals surface area contributed by atoms with Crippen molar-refractivity contribution in [2.45, 2.75) is 60.5 Å². The molecule has 0 radical (unpaired) electrons. The van der Waals surface area contributed by atoms with Gasteiger partial charge in [-0.1, -0.05) is 39.0 Å². The van der Waals surface area contributed by atoms with E-state index >= 15 is 0 Å². The van der Waals surface area contributed by atoms with Gasteiger partial charge in [0.1, 0.15) is 11.9 Å². The second-order valence-electron chi connectivity index (χ2n) is 11.2. The number of piperazine rings is 1. The Bertz CT molecular complexity index is 1170.